The molecular formula is C18H15F3N4O3. The normalized spacial score (nSPS) is 11.4. The maximum absolute atomic E-state index is 12.3. The molecule has 0 aliphatic rings. The summed E-state index contributed by atoms with van der Waals surface area (Å²) < 4.78 is 42.2. The number of benzene rings is 1. The molecule has 0 saturated heterocycles. The van der Waals surface area contributed by atoms with Gasteiger partial charge in [0.1, 0.15) is 5.75 Å². The van der Waals surface area contributed by atoms with Crippen molar-refractivity contribution < 1.29 is 27.5 Å². The summed E-state index contributed by atoms with van der Waals surface area (Å²) >= 11 is 0. The molecule has 0 fully saturated rings. The molecule has 7 nitrogen and oxygen atoms in total. The molecule has 2 N–H and O–H groups in total. The first-order valence-electron chi connectivity index (χ1n) is 8.04. The van der Waals surface area contributed by atoms with Crippen LogP contribution in [0.2, 0.25) is 0 Å². The van der Waals surface area contributed by atoms with E-state index in [-0.39, 0.29) is 23.8 Å². The van der Waals surface area contributed by atoms with E-state index in [1.54, 1.807) is 18.3 Å². The number of amides is 2. The minimum absolute atomic E-state index is 0.134. The fraction of sp³-hybridized carbons (Fsp3) is 0.167. The number of primary amides is 1. The summed E-state index contributed by atoms with van der Waals surface area (Å²) in [5.41, 5.74) is 7.13. The molecule has 0 atom stereocenters. The van der Waals surface area contributed by atoms with E-state index in [0.29, 0.717) is 16.8 Å². The number of hydrogen-bond donors (Lipinski definition) is 1. The summed E-state index contributed by atoms with van der Waals surface area (Å²) in [6, 6.07) is 8.35. The number of ether oxygens (including phenoxy) is 1. The molecule has 0 spiro atoms. The molecule has 28 heavy (non-hydrogen) atoms. The number of nitrogens with zero attached hydrogens (tertiary/aromatic N) is 3. The Kier molecular flexibility index (Phi) is 4.95. The van der Waals surface area contributed by atoms with Crippen LogP contribution in [-0.2, 0) is 11.3 Å². The fourth-order valence-electron chi connectivity index (χ4n) is 2.71. The number of aromatic nitrogens is 2. The zero-order chi connectivity index (χ0) is 20.5. The van der Waals surface area contributed by atoms with Crippen LogP contribution in [0.15, 0.2) is 48.8 Å². The van der Waals surface area contributed by atoms with E-state index in [4.69, 9.17) is 5.73 Å². The molecule has 146 valence electrons. The Hall–Kier alpha value is -3.56. The van der Waals surface area contributed by atoms with Crippen LogP contribution in [0.25, 0.3) is 5.52 Å². The first kappa shape index (κ1) is 19.2. The first-order valence-corrected chi connectivity index (χ1v) is 8.04. The van der Waals surface area contributed by atoms with Gasteiger partial charge in [0.2, 0.25) is 5.91 Å². The fourth-order valence-corrected chi connectivity index (χ4v) is 2.71. The third-order valence-corrected chi connectivity index (χ3v) is 3.95. The van der Waals surface area contributed by atoms with Crippen LogP contribution >= 0.6 is 0 Å². The van der Waals surface area contributed by atoms with Crippen LogP contribution in [0.1, 0.15) is 22.8 Å². The van der Waals surface area contributed by atoms with Gasteiger partial charge in [0.05, 0.1) is 23.8 Å². The molecule has 2 heterocycles. The van der Waals surface area contributed by atoms with Crippen LogP contribution in [0, 0.1) is 0 Å². The molecule has 2 aromatic heterocycles. The lowest BCUT2D eigenvalue weighted by atomic mass is 10.1. The highest BCUT2D eigenvalue weighted by atomic mass is 19.4. The van der Waals surface area contributed by atoms with E-state index in [0.717, 1.165) is 12.1 Å². The number of nitrogens with two attached hydrogens (primary N) is 1. The van der Waals surface area contributed by atoms with Crippen molar-refractivity contribution in [2.45, 2.75) is 19.8 Å². The minimum Gasteiger partial charge on any atom is -0.406 e. The van der Waals surface area contributed by atoms with Gasteiger partial charge >= 0.3 is 6.36 Å². The Morgan fingerprint density at radius 1 is 1.21 bits per heavy atom. The summed E-state index contributed by atoms with van der Waals surface area (Å²) in [6.45, 7) is 1.47. The second-order valence-electron chi connectivity index (χ2n) is 5.93. The SMILES string of the molecule is CC(=O)N(Cc1ccn2ncc(C(N)=O)c2c1)c1ccc(OC(F)(F)F)cc1. The van der Waals surface area contributed by atoms with Crippen LogP contribution in [-0.4, -0.2) is 27.8 Å². The van der Waals surface area contributed by atoms with Gasteiger partial charge in [-0.2, -0.15) is 5.10 Å². The predicted molar refractivity (Wildman–Crippen MR) is 93.7 cm³/mol. The second kappa shape index (κ2) is 7.22. The third-order valence-electron chi connectivity index (χ3n) is 3.95. The monoisotopic (exact) mass is 392 g/mol. The topological polar surface area (TPSA) is 89.9 Å². The van der Waals surface area contributed by atoms with E-state index in [1.807, 2.05) is 0 Å². The van der Waals surface area contributed by atoms with E-state index in [2.05, 4.69) is 9.84 Å². The largest absolute Gasteiger partial charge is 0.573 e. The summed E-state index contributed by atoms with van der Waals surface area (Å²) in [6.07, 6.45) is -1.82. The van der Waals surface area contributed by atoms with Crippen molar-refractivity contribution in [2.24, 2.45) is 5.73 Å². The molecule has 0 aliphatic heterocycles. The highest BCUT2D eigenvalue weighted by molar-refractivity contribution is 5.99. The van der Waals surface area contributed by atoms with Crippen LogP contribution in [0.4, 0.5) is 18.9 Å². The van der Waals surface area contributed by atoms with E-state index in [1.165, 1.54) is 34.7 Å². The van der Waals surface area contributed by atoms with Crippen molar-refractivity contribution in [3.05, 3.63) is 59.9 Å². The Bertz CT molecular complexity index is 1030. The maximum atomic E-state index is 12.3. The standard InChI is InChI=1S/C18H15F3N4O3/c1-11(26)24(13-2-4-14(5-3-13)28-18(19,20)21)10-12-6-7-25-16(8-12)15(9-23-25)17(22)27/h2-9H,10H2,1H3,(H2,22,27). The van der Waals surface area contributed by atoms with Crippen molar-refractivity contribution in [1.82, 2.24) is 9.61 Å². The van der Waals surface area contributed by atoms with Gasteiger partial charge in [0.25, 0.3) is 5.91 Å². The predicted octanol–water partition coefficient (Wildman–Crippen LogP) is 2.88. The van der Waals surface area contributed by atoms with E-state index >= 15 is 0 Å². The summed E-state index contributed by atoms with van der Waals surface area (Å²) in [5, 5.41) is 4.02. The van der Waals surface area contributed by atoms with E-state index in [9.17, 15) is 22.8 Å². The van der Waals surface area contributed by atoms with Crippen molar-refractivity contribution in [2.75, 3.05) is 4.90 Å². The van der Waals surface area contributed by atoms with Gasteiger partial charge in [-0.05, 0) is 42.0 Å². The zero-order valence-electron chi connectivity index (χ0n) is 14.6. The van der Waals surface area contributed by atoms with Crippen molar-refractivity contribution >= 4 is 23.0 Å². The summed E-state index contributed by atoms with van der Waals surface area (Å²) in [7, 11) is 0. The van der Waals surface area contributed by atoms with Crippen LogP contribution in [0.3, 0.4) is 0 Å². The number of fused-ring (bicyclic) bond motifs is 1. The summed E-state index contributed by atoms with van der Waals surface area (Å²) in [5.74, 6) is -1.32. The lowest BCUT2D eigenvalue weighted by Crippen LogP contribution is -2.27. The maximum Gasteiger partial charge on any atom is 0.573 e. The number of hydrogen-bond acceptors (Lipinski definition) is 4. The minimum atomic E-state index is -4.79. The quantitative estimate of drug-likeness (QED) is 0.723. The van der Waals surface area contributed by atoms with Gasteiger partial charge in [-0.25, -0.2) is 4.52 Å². The number of pyridine rings is 1. The molecule has 3 aromatic rings. The van der Waals surface area contributed by atoms with Gasteiger partial charge in [-0.3, -0.25) is 9.59 Å². The number of carbonyl (C=O) groups excluding carboxylic acids is 2. The highest BCUT2D eigenvalue weighted by Gasteiger charge is 2.31. The summed E-state index contributed by atoms with van der Waals surface area (Å²) in [4.78, 5) is 24.9. The number of carbonyl (C=O) groups is 2. The highest BCUT2D eigenvalue weighted by Crippen LogP contribution is 2.26. The lowest BCUT2D eigenvalue weighted by Gasteiger charge is -2.22. The number of alkyl halides is 3. The number of rotatable bonds is 5. The molecule has 1 aromatic carbocycles. The molecule has 2 amide bonds. The molecule has 3 rings (SSSR count). The Morgan fingerprint density at radius 3 is 2.46 bits per heavy atom. The third kappa shape index (κ3) is 4.22. The molecule has 10 heteroatoms. The number of halogens is 3. The molecule has 0 bridgehead atoms. The van der Waals surface area contributed by atoms with Gasteiger partial charge in [-0.15, -0.1) is 13.2 Å². The van der Waals surface area contributed by atoms with Gasteiger partial charge in [-0.1, -0.05) is 0 Å². The lowest BCUT2D eigenvalue weighted by molar-refractivity contribution is -0.274. The van der Waals surface area contributed by atoms with Crippen molar-refractivity contribution in [3.8, 4) is 5.75 Å². The van der Waals surface area contributed by atoms with Gasteiger partial charge in [0.15, 0.2) is 0 Å². The van der Waals surface area contributed by atoms with E-state index < -0.39 is 12.3 Å². The molecule has 0 saturated carbocycles. The Balaban J connectivity index is 1.87. The molecule has 0 aliphatic carbocycles. The first-order chi connectivity index (χ1) is 13.1. The average Bonchev–Trinajstić information content (AvgIpc) is 3.02. The Morgan fingerprint density at radius 2 is 1.89 bits per heavy atom. The number of anilines is 1. The van der Waals surface area contributed by atoms with Crippen molar-refractivity contribution in [1.29, 1.82) is 0 Å². The second-order valence-corrected chi connectivity index (χ2v) is 5.93. The smallest absolute Gasteiger partial charge is 0.406 e. The molecule has 0 unspecified atom stereocenters. The zero-order valence-corrected chi connectivity index (χ0v) is 14.6. The van der Waals surface area contributed by atoms with Crippen molar-refractivity contribution in [3.63, 3.8) is 0 Å². The van der Waals surface area contributed by atoms with Crippen LogP contribution in [0.5, 0.6) is 5.75 Å². The van der Waals surface area contributed by atoms with Gasteiger partial charge < -0.3 is 15.4 Å². The average molecular weight is 392 g/mol. The van der Waals surface area contributed by atoms with Gasteiger partial charge in [0, 0.05) is 18.8 Å². The van der Waals surface area contributed by atoms with Crippen LogP contribution < -0.4 is 15.4 Å². The molecular weight excluding hydrogens is 377 g/mol. The Labute approximate surface area is 157 Å². The molecule has 0 radical (unpaired) electrons.